The summed E-state index contributed by atoms with van der Waals surface area (Å²) in [7, 11) is 4.04. The first-order chi connectivity index (χ1) is 11.5. The van der Waals surface area contributed by atoms with Crippen LogP contribution < -0.4 is 4.90 Å². The molecule has 0 amide bonds. The number of hydrogen-bond donors (Lipinski definition) is 0. The van der Waals surface area contributed by atoms with Gasteiger partial charge in [-0.2, -0.15) is 0 Å². The molecule has 0 aliphatic heterocycles. The quantitative estimate of drug-likeness (QED) is 0.668. The number of carbonyl (C=O) groups excluding carboxylic acids is 1. The summed E-state index contributed by atoms with van der Waals surface area (Å²) in [6.07, 6.45) is 5.64. The minimum absolute atomic E-state index is 0.169. The average Bonchev–Trinajstić information content (AvgIpc) is 2.91. The van der Waals surface area contributed by atoms with Crippen LogP contribution in [0.2, 0.25) is 0 Å². The van der Waals surface area contributed by atoms with Crippen LogP contribution in [0.15, 0.2) is 64.1 Å². The Morgan fingerprint density at radius 2 is 1.54 bits per heavy atom. The van der Waals surface area contributed by atoms with E-state index in [0.717, 1.165) is 45.3 Å². The summed E-state index contributed by atoms with van der Waals surface area (Å²) in [6.45, 7) is 0. The number of Topliss-reactive ketones (excluding diaryl/α,β-unsaturated/α-hetero) is 1. The van der Waals surface area contributed by atoms with Crippen LogP contribution in [0.5, 0.6) is 0 Å². The summed E-state index contributed by atoms with van der Waals surface area (Å²) in [4.78, 5) is 14.7. The molecule has 1 saturated carbocycles. The van der Waals surface area contributed by atoms with Crippen molar-refractivity contribution in [2.45, 2.75) is 12.8 Å². The minimum Gasteiger partial charge on any atom is -0.378 e. The number of benzene rings is 2. The molecular formula is C21H20BrNO. The monoisotopic (exact) mass is 381 g/mol. The molecule has 0 heterocycles. The maximum Gasteiger partial charge on any atom is 0.185 e. The number of hydrogen-bond acceptors (Lipinski definition) is 2. The van der Waals surface area contributed by atoms with Gasteiger partial charge in [0.2, 0.25) is 0 Å². The number of nitrogens with zero attached hydrogens (tertiary/aromatic N) is 1. The molecule has 24 heavy (non-hydrogen) atoms. The van der Waals surface area contributed by atoms with Crippen molar-refractivity contribution in [1.82, 2.24) is 0 Å². The molecule has 0 bridgehead atoms. The van der Waals surface area contributed by atoms with E-state index in [2.05, 4.69) is 45.1 Å². The molecular weight excluding hydrogens is 362 g/mol. The van der Waals surface area contributed by atoms with E-state index in [1.54, 1.807) is 0 Å². The molecule has 3 heteroatoms. The molecule has 0 atom stereocenters. The zero-order valence-corrected chi connectivity index (χ0v) is 15.5. The van der Waals surface area contributed by atoms with Gasteiger partial charge in [-0.15, -0.1) is 0 Å². The predicted molar refractivity (Wildman–Crippen MR) is 105 cm³/mol. The standard InChI is InChI=1S/C21H20BrNO/c1-23(2)19-11-7-15(8-12-19)13-17-9-10-18(21(17)24)14-16-5-3-4-6-20(16)22/h3-8,11-14H,9-10H2,1-2H3. The Labute approximate surface area is 151 Å². The van der Waals surface area contributed by atoms with Gasteiger partial charge in [-0.1, -0.05) is 46.3 Å². The molecule has 0 aromatic heterocycles. The van der Waals surface area contributed by atoms with Gasteiger partial charge in [-0.3, -0.25) is 4.79 Å². The first kappa shape index (κ1) is 16.7. The molecule has 2 nitrogen and oxygen atoms in total. The lowest BCUT2D eigenvalue weighted by Crippen LogP contribution is -2.07. The highest BCUT2D eigenvalue weighted by molar-refractivity contribution is 9.10. The van der Waals surface area contributed by atoms with E-state index in [-0.39, 0.29) is 5.78 Å². The van der Waals surface area contributed by atoms with Crippen molar-refractivity contribution in [3.8, 4) is 0 Å². The number of anilines is 1. The summed E-state index contributed by atoms with van der Waals surface area (Å²) in [5.74, 6) is 0.169. The van der Waals surface area contributed by atoms with Crippen LogP contribution in [0.1, 0.15) is 24.0 Å². The molecule has 0 spiro atoms. The summed E-state index contributed by atoms with van der Waals surface area (Å²) in [6, 6.07) is 16.2. The Morgan fingerprint density at radius 1 is 0.917 bits per heavy atom. The number of halogens is 1. The van der Waals surface area contributed by atoms with E-state index in [1.165, 1.54) is 0 Å². The molecule has 0 radical (unpaired) electrons. The highest BCUT2D eigenvalue weighted by atomic mass is 79.9. The smallest absolute Gasteiger partial charge is 0.185 e. The van der Waals surface area contributed by atoms with Crippen LogP contribution in [-0.2, 0) is 4.79 Å². The molecule has 0 N–H and O–H groups in total. The van der Waals surface area contributed by atoms with Gasteiger partial charge < -0.3 is 4.90 Å². The van der Waals surface area contributed by atoms with Gasteiger partial charge in [0.05, 0.1) is 0 Å². The van der Waals surface area contributed by atoms with Crippen LogP contribution in [0.4, 0.5) is 5.69 Å². The van der Waals surface area contributed by atoms with Crippen molar-refractivity contribution in [2.75, 3.05) is 19.0 Å². The number of carbonyl (C=O) groups is 1. The van der Waals surface area contributed by atoms with Crippen LogP contribution >= 0.6 is 15.9 Å². The third-order valence-corrected chi connectivity index (χ3v) is 4.95. The zero-order chi connectivity index (χ0) is 17.1. The lowest BCUT2D eigenvalue weighted by Gasteiger charge is -2.11. The molecule has 0 unspecified atom stereocenters. The number of allylic oxidation sites excluding steroid dienone is 2. The maximum atomic E-state index is 12.6. The molecule has 0 saturated heterocycles. The third kappa shape index (κ3) is 3.68. The van der Waals surface area contributed by atoms with Crippen molar-refractivity contribution >= 4 is 39.6 Å². The van der Waals surface area contributed by atoms with Gasteiger partial charge in [0.1, 0.15) is 0 Å². The molecule has 1 fully saturated rings. The minimum atomic E-state index is 0.169. The molecule has 2 aromatic rings. The normalized spacial score (nSPS) is 17.7. The fourth-order valence-corrected chi connectivity index (χ4v) is 3.23. The molecule has 1 aliphatic rings. The fraction of sp³-hybridized carbons (Fsp3) is 0.190. The van der Waals surface area contributed by atoms with Crippen molar-refractivity contribution in [1.29, 1.82) is 0 Å². The van der Waals surface area contributed by atoms with Gasteiger partial charge in [0.25, 0.3) is 0 Å². The van der Waals surface area contributed by atoms with Crippen LogP contribution in [0, 0.1) is 0 Å². The lowest BCUT2D eigenvalue weighted by atomic mass is 10.1. The van der Waals surface area contributed by atoms with E-state index >= 15 is 0 Å². The Balaban J connectivity index is 1.82. The number of rotatable bonds is 3. The van der Waals surface area contributed by atoms with E-state index < -0.39 is 0 Å². The average molecular weight is 382 g/mol. The Bertz CT molecular complexity index is 816. The van der Waals surface area contributed by atoms with Crippen molar-refractivity contribution in [2.24, 2.45) is 0 Å². The lowest BCUT2D eigenvalue weighted by molar-refractivity contribution is -0.111. The first-order valence-electron chi connectivity index (χ1n) is 8.02. The van der Waals surface area contributed by atoms with Crippen molar-refractivity contribution in [3.05, 3.63) is 75.3 Å². The third-order valence-electron chi connectivity index (χ3n) is 4.23. The van der Waals surface area contributed by atoms with Gasteiger partial charge >= 0.3 is 0 Å². The van der Waals surface area contributed by atoms with Gasteiger partial charge in [0.15, 0.2) is 5.78 Å². The van der Waals surface area contributed by atoms with E-state index in [4.69, 9.17) is 0 Å². The van der Waals surface area contributed by atoms with Crippen molar-refractivity contribution < 1.29 is 4.79 Å². The van der Waals surface area contributed by atoms with E-state index in [1.807, 2.05) is 50.5 Å². The first-order valence-corrected chi connectivity index (χ1v) is 8.81. The van der Waals surface area contributed by atoms with Gasteiger partial charge in [-0.05, 0) is 54.3 Å². The fourth-order valence-electron chi connectivity index (χ4n) is 2.83. The largest absolute Gasteiger partial charge is 0.378 e. The Morgan fingerprint density at radius 3 is 2.17 bits per heavy atom. The van der Waals surface area contributed by atoms with E-state index in [9.17, 15) is 4.79 Å². The molecule has 2 aromatic carbocycles. The highest BCUT2D eigenvalue weighted by Gasteiger charge is 2.23. The Hall–Kier alpha value is -2.13. The molecule has 3 rings (SSSR count). The van der Waals surface area contributed by atoms with Crippen LogP contribution in [-0.4, -0.2) is 19.9 Å². The maximum absolute atomic E-state index is 12.6. The topological polar surface area (TPSA) is 20.3 Å². The molecule has 1 aliphatic carbocycles. The molecule has 122 valence electrons. The Kier molecular flexibility index (Phi) is 5.00. The SMILES string of the molecule is CN(C)c1ccc(C=C2CCC(=Cc3ccccc3Br)C2=O)cc1. The summed E-state index contributed by atoms with van der Waals surface area (Å²) < 4.78 is 1.02. The summed E-state index contributed by atoms with van der Waals surface area (Å²) >= 11 is 3.54. The zero-order valence-electron chi connectivity index (χ0n) is 13.9. The highest BCUT2D eigenvalue weighted by Crippen LogP contribution is 2.31. The second-order valence-electron chi connectivity index (χ2n) is 6.18. The van der Waals surface area contributed by atoms with Crippen LogP contribution in [0.3, 0.4) is 0 Å². The van der Waals surface area contributed by atoms with Crippen molar-refractivity contribution in [3.63, 3.8) is 0 Å². The van der Waals surface area contributed by atoms with Gasteiger partial charge in [0, 0.05) is 35.4 Å². The van der Waals surface area contributed by atoms with Crippen LogP contribution in [0.25, 0.3) is 12.2 Å². The van der Waals surface area contributed by atoms with E-state index in [0.29, 0.717) is 0 Å². The number of ketones is 1. The second-order valence-corrected chi connectivity index (χ2v) is 7.03. The summed E-state index contributed by atoms with van der Waals surface area (Å²) in [5, 5.41) is 0. The second kappa shape index (κ2) is 7.18. The predicted octanol–water partition coefficient (Wildman–Crippen LogP) is 5.35. The summed E-state index contributed by atoms with van der Waals surface area (Å²) in [5.41, 5.74) is 5.07. The van der Waals surface area contributed by atoms with Gasteiger partial charge in [-0.25, -0.2) is 0 Å².